The van der Waals surface area contributed by atoms with E-state index in [0.29, 0.717) is 18.7 Å². The fraction of sp³-hybridized carbons (Fsp3) is 0.316. The minimum atomic E-state index is -0.0769. The molecule has 0 aliphatic carbocycles. The highest BCUT2D eigenvalue weighted by molar-refractivity contribution is 5.81. The number of Topliss-reactive ketones (excluding diaryl/α,β-unsaturated/α-hetero) is 1. The number of hydrogen-bond donors (Lipinski definition) is 1. The number of anilines is 1. The number of likely N-dealkylation sites (tertiary alicyclic amines) is 1. The summed E-state index contributed by atoms with van der Waals surface area (Å²) in [6.07, 6.45) is 4.67. The van der Waals surface area contributed by atoms with E-state index in [4.69, 9.17) is 10.7 Å². The van der Waals surface area contributed by atoms with Gasteiger partial charge in [0.1, 0.15) is 17.2 Å². The lowest BCUT2D eigenvalue weighted by Gasteiger charge is -2.38. The van der Waals surface area contributed by atoms with Crippen molar-refractivity contribution in [2.45, 2.75) is 31.8 Å². The van der Waals surface area contributed by atoms with Gasteiger partial charge >= 0.3 is 0 Å². The normalized spacial score (nSPS) is 21.8. The van der Waals surface area contributed by atoms with Crippen LogP contribution in [0, 0.1) is 6.92 Å². The van der Waals surface area contributed by atoms with E-state index in [1.807, 2.05) is 54.9 Å². The summed E-state index contributed by atoms with van der Waals surface area (Å²) < 4.78 is 1.86. The fourth-order valence-electron chi connectivity index (χ4n) is 3.68. The van der Waals surface area contributed by atoms with E-state index in [-0.39, 0.29) is 17.9 Å². The third-order valence-corrected chi connectivity index (χ3v) is 5.07. The van der Waals surface area contributed by atoms with Gasteiger partial charge in [0, 0.05) is 25.2 Å². The first-order valence-corrected chi connectivity index (χ1v) is 8.43. The maximum absolute atomic E-state index is 12.5. The molecule has 0 aromatic carbocycles. The van der Waals surface area contributed by atoms with E-state index in [9.17, 15) is 4.79 Å². The van der Waals surface area contributed by atoms with E-state index in [2.05, 4.69) is 9.88 Å². The number of nitrogen functional groups attached to an aromatic ring is 1. The topological polar surface area (TPSA) is 76.5 Å². The second-order valence-electron chi connectivity index (χ2n) is 6.69. The van der Waals surface area contributed by atoms with Crippen molar-refractivity contribution in [1.29, 1.82) is 0 Å². The molecule has 1 saturated heterocycles. The van der Waals surface area contributed by atoms with E-state index in [1.165, 1.54) is 0 Å². The monoisotopic (exact) mass is 335 g/mol. The van der Waals surface area contributed by atoms with E-state index in [0.717, 1.165) is 22.6 Å². The molecule has 4 rings (SSSR count). The molecule has 2 atom stereocenters. The van der Waals surface area contributed by atoms with Gasteiger partial charge < -0.3 is 5.73 Å². The second-order valence-corrected chi connectivity index (χ2v) is 6.69. The van der Waals surface area contributed by atoms with Crippen LogP contribution in [0.3, 0.4) is 0 Å². The van der Waals surface area contributed by atoms with Crippen LogP contribution in [-0.4, -0.2) is 32.1 Å². The van der Waals surface area contributed by atoms with Gasteiger partial charge in [-0.1, -0.05) is 12.1 Å². The molecule has 25 heavy (non-hydrogen) atoms. The minimum absolute atomic E-state index is 0.0328. The van der Waals surface area contributed by atoms with Gasteiger partial charge in [0.05, 0.1) is 23.5 Å². The lowest BCUT2D eigenvalue weighted by atomic mass is 9.90. The van der Waals surface area contributed by atoms with Crippen molar-refractivity contribution in [2.75, 3.05) is 12.8 Å². The van der Waals surface area contributed by atoms with Crippen molar-refractivity contribution < 1.29 is 4.79 Å². The summed E-state index contributed by atoms with van der Waals surface area (Å²) >= 11 is 0. The molecule has 0 amide bonds. The third kappa shape index (κ3) is 2.68. The largest absolute Gasteiger partial charge is 0.385 e. The van der Waals surface area contributed by atoms with E-state index in [1.54, 1.807) is 6.20 Å². The number of hydrogen-bond acceptors (Lipinski definition) is 5. The highest BCUT2D eigenvalue weighted by Crippen LogP contribution is 2.38. The van der Waals surface area contributed by atoms with Gasteiger partial charge in [-0.25, -0.2) is 4.98 Å². The number of carbonyl (C=O) groups is 1. The Morgan fingerprint density at radius 2 is 1.96 bits per heavy atom. The minimum Gasteiger partial charge on any atom is -0.385 e. The quantitative estimate of drug-likeness (QED) is 0.779. The summed E-state index contributed by atoms with van der Waals surface area (Å²) in [6.45, 7) is 2.04. The molecule has 0 radical (unpaired) electrons. The van der Waals surface area contributed by atoms with Crippen LogP contribution < -0.4 is 5.73 Å². The van der Waals surface area contributed by atoms with Crippen LogP contribution in [0.5, 0.6) is 0 Å². The standard InChI is InChI=1S/C19H21N5O/c1-12-5-4-8-21-19(12)16-10-13(25)9-15(23(16)2)14-11-24-17(20)6-3-7-18(24)22-14/h3-8,11,15-16H,9-10,20H2,1-2H3/t15-,16+/m0/s1. The summed E-state index contributed by atoms with van der Waals surface area (Å²) in [5.74, 6) is 0.876. The molecule has 0 bridgehead atoms. The summed E-state index contributed by atoms with van der Waals surface area (Å²) in [6, 6.07) is 9.50. The summed E-state index contributed by atoms with van der Waals surface area (Å²) in [4.78, 5) is 23.9. The molecule has 6 nitrogen and oxygen atoms in total. The number of piperidine rings is 1. The number of fused-ring (bicyclic) bond motifs is 1. The number of rotatable bonds is 2. The van der Waals surface area contributed by atoms with Crippen molar-refractivity contribution >= 4 is 17.2 Å². The summed E-state index contributed by atoms with van der Waals surface area (Å²) in [5.41, 5.74) is 9.77. The highest BCUT2D eigenvalue weighted by Gasteiger charge is 2.36. The van der Waals surface area contributed by atoms with Crippen LogP contribution in [0.1, 0.15) is 41.9 Å². The van der Waals surface area contributed by atoms with Crippen LogP contribution >= 0.6 is 0 Å². The summed E-state index contributed by atoms with van der Waals surface area (Å²) in [7, 11) is 2.04. The Kier molecular flexibility index (Phi) is 3.77. The van der Waals surface area contributed by atoms with Crippen molar-refractivity contribution in [1.82, 2.24) is 19.3 Å². The zero-order valence-corrected chi connectivity index (χ0v) is 14.4. The predicted molar refractivity (Wildman–Crippen MR) is 96.1 cm³/mol. The first-order chi connectivity index (χ1) is 12.0. The molecule has 1 aliphatic rings. The lowest BCUT2D eigenvalue weighted by molar-refractivity contribution is -0.125. The molecule has 1 aliphatic heterocycles. The van der Waals surface area contributed by atoms with Gasteiger partial charge in [0.2, 0.25) is 0 Å². The first kappa shape index (κ1) is 15.8. The second kappa shape index (κ2) is 5.97. The SMILES string of the molecule is Cc1cccnc1[C@H]1CC(=O)C[C@@H](c2cn3c(N)cccc3n2)N1C. The van der Waals surface area contributed by atoms with Crippen molar-refractivity contribution in [3.63, 3.8) is 0 Å². The van der Waals surface area contributed by atoms with Crippen molar-refractivity contribution in [3.05, 3.63) is 59.7 Å². The average Bonchev–Trinajstić information content (AvgIpc) is 3.03. The number of aromatic nitrogens is 3. The van der Waals surface area contributed by atoms with Crippen LogP contribution in [-0.2, 0) is 4.79 Å². The molecule has 128 valence electrons. The number of ketones is 1. The zero-order valence-electron chi connectivity index (χ0n) is 14.4. The van der Waals surface area contributed by atoms with Gasteiger partial charge in [0.15, 0.2) is 0 Å². The van der Waals surface area contributed by atoms with Gasteiger partial charge in [0.25, 0.3) is 0 Å². The van der Waals surface area contributed by atoms with E-state index >= 15 is 0 Å². The number of imidazole rings is 1. The average molecular weight is 335 g/mol. The Labute approximate surface area is 146 Å². The highest BCUT2D eigenvalue weighted by atomic mass is 16.1. The number of nitrogens with two attached hydrogens (primary N) is 1. The Hall–Kier alpha value is -2.73. The molecule has 0 unspecified atom stereocenters. The van der Waals surface area contributed by atoms with Crippen LogP contribution in [0.4, 0.5) is 5.82 Å². The Morgan fingerprint density at radius 1 is 1.16 bits per heavy atom. The van der Waals surface area contributed by atoms with Gasteiger partial charge in [-0.05, 0) is 37.7 Å². The van der Waals surface area contributed by atoms with Crippen LogP contribution in [0.25, 0.3) is 5.65 Å². The number of carbonyl (C=O) groups excluding carboxylic acids is 1. The van der Waals surface area contributed by atoms with Crippen LogP contribution in [0.2, 0.25) is 0 Å². The number of aryl methyl sites for hydroxylation is 1. The summed E-state index contributed by atoms with van der Waals surface area (Å²) in [5, 5.41) is 0. The molecule has 0 saturated carbocycles. The van der Waals surface area contributed by atoms with E-state index < -0.39 is 0 Å². The van der Waals surface area contributed by atoms with Gasteiger partial charge in [-0.2, -0.15) is 0 Å². The van der Waals surface area contributed by atoms with Gasteiger partial charge in [-0.15, -0.1) is 0 Å². The maximum Gasteiger partial charge on any atom is 0.138 e. The fourth-order valence-corrected chi connectivity index (χ4v) is 3.68. The predicted octanol–water partition coefficient (Wildman–Crippen LogP) is 2.70. The first-order valence-electron chi connectivity index (χ1n) is 8.43. The molecule has 6 heteroatoms. The molecule has 3 aromatic rings. The lowest BCUT2D eigenvalue weighted by Crippen LogP contribution is -2.37. The molecule has 3 aromatic heterocycles. The molecule has 0 spiro atoms. The maximum atomic E-state index is 12.5. The number of nitrogens with zero attached hydrogens (tertiary/aromatic N) is 4. The molecular weight excluding hydrogens is 314 g/mol. The number of pyridine rings is 2. The van der Waals surface area contributed by atoms with Gasteiger partial charge in [-0.3, -0.25) is 19.1 Å². The van der Waals surface area contributed by atoms with Crippen molar-refractivity contribution in [2.24, 2.45) is 0 Å². The molecule has 1 fully saturated rings. The van der Waals surface area contributed by atoms with Crippen molar-refractivity contribution in [3.8, 4) is 0 Å². The molecule has 2 N–H and O–H groups in total. The Bertz CT molecular complexity index is 948. The van der Waals surface area contributed by atoms with Crippen LogP contribution in [0.15, 0.2) is 42.7 Å². The Morgan fingerprint density at radius 3 is 2.72 bits per heavy atom. The zero-order chi connectivity index (χ0) is 17.6. The smallest absolute Gasteiger partial charge is 0.138 e. The third-order valence-electron chi connectivity index (χ3n) is 5.07. The molecular formula is C19H21N5O. The Balaban J connectivity index is 1.74. The molecule has 4 heterocycles.